The van der Waals surface area contributed by atoms with E-state index >= 15 is 0 Å². The number of carbonyl (C=O) groups is 3. The number of hydrogen-bond donors (Lipinski definition) is 1. The van der Waals surface area contributed by atoms with Gasteiger partial charge >= 0.3 is 4.87 Å². The van der Waals surface area contributed by atoms with E-state index in [1.807, 2.05) is 24.3 Å². The lowest BCUT2D eigenvalue weighted by atomic mass is 9.83. The summed E-state index contributed by atoms with van der Waals surface area (Å²) in [5.74, 6) is -2.48. The third kappa shape index (κ3) is 5.90. The Morgan fingerprint density at radius 1 is 0.889 bits per heavy atom. The van der Waals surface area contributed by atoms with Gasteiger partial charge in [-0.05, 0) is 74.0 Å². The molecule has 1 aromatic heterocycles. The molecule has 13 heteroatoms. The number of benzene rings is 3. The number of nitrogens with one attached hydrogen (secondary N) is 1. The molecular weight excluding hydrogens is 675 g/mol. The van der Waals surface area contributed by atoms with Gasteiger partial charge in [0.2, 0.25) is 17.7 Å². The fourth-order valence-corrected chi connectivity index (χ4v) is 9.06. The van der Waals surface area contributed by atoms with E-state index in [1.165, 1.54) is 15.5 Å². The lowest BCUT2D eigenvalue weighted by Gasteiger charge is -2.31. The molecule has 2 aliphatic heterocycles. The summed E-state index contributed by atoms with van der Waals surface area (Å²) in [4.78, 5) is 58.4. The third-order valence-electron chi connectivity index (χ3n) is 8.02. The first-order valence-electron chi connectivity index (χ1n) is 14.2. The number of fused-ring (bicyclic) bond motifs is 2. The Morgan fingerprint density at radius 3 is 2.22 bits per heavy atom. The molecule has 1 fully saturated rings. The SMILES string of the molecule is CCN(CC)c1ccc([C@@H]2c3sc(=O)n(CC(=O)Nc4ccc(Cl)c(Cl)c4)c3S[C@H]3C(=O)N(c4ccc(Cl)cc4)C(=O)[C@@H]23)cc1. The van der Waals surface area contributed by atoms with Gasteiger partial charge in [0.25, 0.3) is 0 Å². The predicted molar refractivity (Wildman–Crippen MR) is 183 cm³/mol. The number of amides is 3. The molecule has 45 heavy (non-hydrogen) atoms. The first-order chi connectivity index (χ1) is 21.6. The van der Waals surface area contributed by atoms with Gasteiger partial charge in [-0.2, -0.15) is 0 Å². The molecule has 8 nitrogen and oxygen atoms in total. The zero-order chi connectivity index (χ0) is 32.0. The van der Waals surface area contributed by atoms with Gasteiger partial charge in [0.15, 0.2) is 0 Å². The molecule has 3 aromatic carbocycles. The Kier molecular flexibility index (Phi) is 9.05. The van der Waals surface area contributed by atoms with Gasteiger partial charge in [0, 0.05) is 40.3 Å². The molecule has 3 atom stereocenters. The molecule has 0 spiro atoms. The summed E-state index contributed by atoms with van der Waals surface area (Å²) >= 11 is 20.4. The largest absolute Gasteiger partial charge is 0.372 e. The van der Waals surface area contributed by atoms with E-state index in [0.29, 0.717) is 31.3 Å². The molecule has 1 saturated heterocycles. The molecule has 1 N–H and O–H groups in total. The second kappa shape index (κ2) is 12.8. The summed E-state index contributed by atoms with van der Waals surface area (Å²) in [6.07, 6.45) is 0. The number of imide groups is 1. The van der Waals surface area contributed by atoms with E-state index in [9.17, 15) is 19.2 Å². The molecule has 0 bridgehead atoms. The highest BCUT2D eigenvalue weighted by Crippen LogP contribution is 2.54. The van der Waals surface area contributed by atoms with Crippen LogP contribution in [0.15, 0.2) is 76.6 Å². The van der Waals surface area contributed by atoms with Crippen LogP contribution in [0.4, 0.5) is 17.1 Å². The maximum atomic E-state index is 14.1. The summed E-state index contributed by atoms with van der Waals surface area (Å²) in [6, 6.07) is 19.2. The summed E-state index contributed by atoms with van der Waals surface area (Å²) in [5, 5.41) is 3.59. The number of thioether (sulfide) groups is 1. The van der Waals surface area contributed by atoms with Crippen LogP contribution >= 0.6 is 57.9 Å². The summed E-state index contributed by atoms with van der Waals surface area (Å²) in [7, 11) is 0. The van der Waals surface area contributed by atoms with Gasteiger partial charge in [0.1, 0.15) is 11.8 Å². The first kappa shape index (κ1) is 31.7. The predicted octanol–water partition coefficient (Wildman–Crippen LogP) is 7.15. The van der Waals surface area contributed by atoms with E-state index in [0.717, 1.165) is 47.4 Å². The van der Waals surface area contributed by atoms with Gasteiger partial charge in [-0.15, -0.1) is 0 Å². The lowest BCUT2D eigenvalue weighted by molar-refractivity contribution is -0.122. The van der Waals surface area contributed by atoms with Gasteiger partial charge in [-0.25, -0.2) is 4.90 Å². The minimum Gasteiger partial charge on any atom is -0.372 e. The number of nitrogens with zero attached hydrogens (tertiary/aromatic N) is 3. The smallest absolute Gasteiger partial charge is 0.308 e. The molecule has 0 radical (unpaired) electrons. The highest BCUT2D eigenvalue weighted by Gasteiger charge is 2.56. The highest BCUT2D eigenvalue weighted by atomic mass is 35.5. The molecule has 6 rings (SSSR count). The zero-order valence-electron chi connectivity index (χ0n) is 24.1. The molecule has 0 unspecified atom stereocenters. The van der Waals surface area contributed by atoms with Crippen molar-refractivity contribution in [3.8, 4) is 0 Å². The van der Waals surface area contributed by atoms with Crippen LogP contribution < -0.4 is 20.0 Å². The Bertz CT molecular complexity index is 1860. The average Bonchev–Trinajstić information content (AvgIpc) is 3.46. The number of rotatable bonds is 8. The van der Waals surface area contributed by atoms with Crippen LogP contribution in [0, 0.1) is 5.92 Å². The Hall–Kier alpha value is -3.28. The van der Waals surface area contributed by atoms with Crippen LogP contribution in [0.5, 0.6) is 0 Å². The van der Waals surface area contributed by atoms with E-state index in [1.54, 1.807) is 36.4 Å². The second-order valence-electron chi connectivity index (χ2n) is 10.6. The van der Waals surface area contributed by atoms with Crippen LogP contribution in [0.1, 0.15) is 30.2 Å². The molecular formula is C32H27Cl3N4O4S2. The maximum Gasteiger partial charge on any atom is 0.308 e. The van der Waals surface area contributed by atoms with Crippen LogP contribution in [0.25, 0.3) is 0 Å². The Morgan fingerprint density at radius 2 is 1.58 bits per heavy atom. The number of thiazole rings is 1. The average molecular weight is 702 g/mol. The number of carbonyl (C=O) groups excluding carboxylic acids is 3. The quantitative estimate of drug-likeness (QED) is 0.196. The lowest BCUT2D eigenvalue weighted by Crippen LogP contribution is -2.33. The van der Waals surface area contributed by atoms with Crippen molar-refractivity contribution >= 4 is 92.7 Å². The molecule has 2 aliphatic rings. The van der Waals surface area contributed by atoms with Crippen molar-refractivity contribution in [2.45, 2.75) is 36.6 Å². The minimum atomic E-state index is -0.800. The van der Waals surface area contributed by atoms with Crippen LogP contribution in [0.2, 0.25) is 15.1 Å². The van der Waals surface area contributed by atoms with Gasteiger partial charge in [-0.1, -0.05) is 70.0 Å². The third-order valence-corrected chi connectivity index (χ3v) is 11.6. The first-order valence-corrected chi connectivity index (χ1v) is 17.1. The number of aromatic nitrogens is 1. The van der Waals surface area contributed by atoms with Crippen molar-refractivity contribution in [1.29, 1.82) is 0 Å². The maximum absolute atomic E-state index is 14.1. The van der Waals surface area contributed by atoms with Crippen molar-refractivity contribution in [3.05, 3.63) is 102 Å². The van der Waals surface area contributed by atoms with E-state index in [-0.39, 0.29) is 28.3 Å². The molecule has 0 aliphatic carbocycles. The topological polar surface area (TPSA) is 91.7 Å². The molecule has 3 heterocycles. The second-order valence-corrected chi connectivity index (χ2v) is 14.0. The van der Waals surface area contributed by atoms with Crippen LogP contribution in [-0.2, 0) is 20.9 Å². The molecule has 4 aromatic rings. The Labute approximate surface area is 282 Å². The fraction of sp³-hybridized carbons (Fsp3) is 0.250. The normalized spacial score (nSPS) is 19.0. The summed E-state index contributed by atoms with van der Waals surface area (Å²) < 4.78 is 1.38. The summed E-state index contributed by atoms with van der Waals surface area (Å²) in [6.45, 7) is 5.55. The van der Waals surface area contributed by atoms with Gasteiger partial charge in [0.05, 0.1) is 26.7 Å². The van der Waals surface area contributed by atoms with Crippen LogP contribution in [-0.4, -0.2) is 40.6 Å². The van der Waals surface area contributed by atoms with E-state index in [4.69, 9.17) is 34.8 Å². The zero-order valence-corrected chi connectivity index (χ0v) is 28.0. The van der Waals surface area contributed by atoms with Crippen LogP contribution in [0.3, 0.4) is 0 Å². The number of halogens is 3. The van der Waals surface area contributed by atoms with Gasteiger partial charge < -0.3 is 10.2 Å². The molecule has 3 amide bonds. The van der Waals surface area contributed by atoms with E-state index in [2.05, 4.69) is 24.1 Å². The number of anilines is 3. The van der Waals surface area contributed by atoms with Gasteiger partial charge in [-0.3, -0.25) is 23.7 Å². The fourth-order valence-electron chi connectivity index (χ4n) is 5.86. The monoisotopic (exact) mass is 700 g/mol. The number of hydrogen-bond acceptors (Lipinski definition) is 7. The van der Waals surface area contributed by atoms with Crippen molar-refractivity contribution in [2.75, 3.05) is 28.2 Å². The van der Waals surface area contributed by atoms with Crippen molar-refractivity contribution in [2.24, 2.45) is 5.92 Å². The molecule has 0 saturated carbocycles. The molecule has 232 valence electrons. The van der Waals surface area contributed by atoms with Crippen molar-refractivity contribution in [1.82, 2.24) is 4.57 Å². The van der Waals surface area contributed by atoms with Crippen molar-refractivity contribution in [3.63, 3.8) is 0 Å². The van der Waals surface area contributed by atoms with E-state index < -0.39 is 23.0 Å². The Balaban J connectivity index is 1.40. The highest BCUT2D eigenvalue weighted by molar-refractivity contribution is 8.00. The standard InChI is InChI=1S/C32H27Cl3N4O4S2/c1-3-37(4-2)20-10-5-17(6-11-20)25-26-27(30(42)39(29(26)41)21-12-7-18(33)8-13-21)44-31-28(25)45-32(43)38(31)16-24(40)36-19-9-14-22(34)23(35)15-19/h5-15,25-27H,3-4,16H2,1-2H3,(H,36,40)/t25-,26-,27+/m0/s1. The summed E-state index contributed by atoms with van der Waals surface area (Å²) in [5.41, 5.74) is 2.71. The van der Waals surface area contributed by atoms with Crippen molar-refractivity contribution < 1.29 is 14.4 Å². The minimum absolute atomic E-state index is 0.283.